The minimum atomic E-state index is -0.392. The van der Waals surface area contributed by atoms with Crippen molar-refractivity contribution in [1.82, 2.24) is 0 Å². The van der Waals surface area contributed by atoms with E-state index >= 15 is 0 Å². The van der Waals surface area contributed by atoms with Crippen molar-refractivity contribution in [1.29, 1.82) is 0 Å². The Morgan fingerprint density at radius 3 is 2.39 bits per heavy atom. The predicted molar refractivity (Wildman–Crippen MR) is 110 cm³/mol. The van der Waals surface area contributed by atoms with Crippen molar-refractivity contribution >= 4 is 16.8 Å². The molecule has 0 bridgehead atoms. The fraction of sp³-hybridized carbons (Fsp3) is 0.160. The van der Waals surface area contributed by atoms with Gasteiger partial charge in [0.25, 0.3) is 0 Å². The van der Waals surface area contributed by atoms with E-state index in [1.54, 1.807) is 0 Å². The summed E-state index contributed by atoms with van der Waals surface area (Å²) in [6.45, 7) is 4.23. The van der Waals surface area contributed by atoms with E-state index in [0.717, 1.165) is 44.5 Å². The van der Waals surface area contributed by atoms with E-state index < -0.39 is 5.41 Å². The van der Waals surface area contributed by atoms with Gasteiger partial charge in [-0.1, -0.05) is 54.6 Å². The largest absolute Gasteiger partial charge is 0.459 e. The van der Waals surface area contributed by atoms with Crippen LogP contribution in [0, 0.1) is 0 Å². The van der Waals surface area contributed by atoms with Crippen molar-refractivity contribution in [2.75, 3.05) is 0 Å². The Kier molecular flexibility index (Phi) is 3.58. The number of benzene rings is 3. The van der Waals surface area contributed by atoms with Crippen LogP contribution in [-0.2, 0) is 12.0 Å². The van der Waals surface area contributed by atoms with Crippen LogP contribution in [0.5, 0.6) is 0 Å². The van der Waals surface area contributed by atoms with Gasteiger partial charge in [0.15, 0.2) is 5.78 Å². The summed E-state index contributed by atoms with van der Waals surface area (Å²) in [6.07, 6.45) is 0. The van der Waals surface area contributed by atoms with Gasteiger partial charge in [-0.05, 0) is 48.2 Å². The van der Waals surface area contributed by atoms with Crippen molar-refractivity contribution in [3.63, 3.8) is 0 Å². The Morgan fingerprint density at radius 2 is 1.64 bits per heavy atom. The molecule has 1 N–H and O–H groups in total. The summed E-state index contributed by atoms with van der Waals surface area (Å²) in [5.41, 5.74) is 5.64. The molecular weight excluding hydrogens is 348 g/mol. The molecular formula is C25H20O3. The number of aliphatic hydroxyl groups excluding tert-OH is 1. The molecule has 0 amide bonds. The summed E-state index contributed by atoms with van der Waals surface area (Å²) in [7, 11) is 0. The lowest BCUT2D eigenvalue weighted by Crippen LogP contribution is -2.29. The third kappa shape index (κ3) is 2.30. The molecule has 5 rings (SSSR count). The minimum absolute atomic E-state index is 0.0168. The van der Waals surface area contributed by atoms with Crippen molar-refractivity contribution in [2.45, 2.75) is 25.9 Å². The molecule has 0 spiro atoms. The molecule has 0 fully saturated rings. The molecule has 3 heteroatoms. The lowest BCUT2D eigenvalue weighted by Gasteiger charge is -2.30. The van der Waals surface area contributed by atoms with Gasteiger partial charge in [0, 0.05) is 16.4 Å². The molecule has 1 heterocycles. The lowest BCUT2D eigenvalue weighted by molar-refractivity contribution is 0.102. The zero-order valence-electron chi connectivity index (χ0n) is 15.8. The Labute approximate surface area is 163 Å². The first-order chi connectivity index (χ1) is 13.5. The van der Waals surface area contributed by atoms with Crippen molar-refractivity contribution < 1.29 is 14.3 Å². The lowest BCUT2D eigenvalue weighted by atomic mass is 9.71. The number of carbonyl (C=O) groups excluding carboxylic acids is 1. The molecule has 0 aliphatic heterocycles. The molecule has 0 radical (unpaired) electrons. The Morgan fingerprint density at radius 1 is 0.929 bits per heavy atom. The van der Waals surface area contributed by atoms with Crippen molar-refractivity contribution in [2.24, 2.45) is 0 Å². The maximum absolute atomic E-state index is 13.5. The van der Waals surface area contributed by atoms with Gasteiger partial charge in [-0.3, -0.25) is 4.79 Å². The van der Waals surface area contributed by atoms with Crippen LogP contribution in [0.25, 0.3) is 22.1 Å². The van der Waals surface area contributed by atoms with Crippen molar-refractivity contribution in [3.8, 4) is 11.1 Å². The van der Waals surface area contributed by atoms with Crippen LogP contribution in [0.15, 0.2) is 71.1 Å². The minimum Gasteiger partial charge on any atom is -0.459 e. The topological polar surface area (TPSA) is 50.4 Å². The van der Waals surface area contributed by atoms with E-state index in [1.807, 2.05) is 60.7 Å². The number of hydrogen-bond acceptors (Lipinski definition) is 3. The van der Waals surface area contributed by atoms with Crippen molar-refractivity contribution in [3.05, 3.63) is 94.7 Å². The average molecular weight is 368 g/mol. The third-order valence-electron chi connectivity index (χ3n) is 5.80. The molecule has 138 valence electrons. The number of para-hydroxylation sites is 1. The molecule has 0 atom stereocenters. The van der Waals surface area contributed by atoms with Crippen LogP contribution in [-0.4, -0.2) is 10.9 Å². The Bertz CT molecular complexity index is 1230. The first kappa shape index (κ1) is 17.0. The van der Waals surface area contributed by atoms with E-state index in [4.69, 9.17) is 4.42 Å². The summed E-state index contributed by atoms with van der Waals surface area (Å²) < 4.78 is 6.13. The molecule has 1 aliphatic rings. The van der Waals surface area contributed by atoms with Gasteiger partial charge in [0.2, 0.25) is 0 Å². The second kappa shape index (κ2) is 5.91. The molecule has 0 unspecified atom stereocenters. The number of rotatable bonds is 2. The number of aliphatic hydroxyl groups is 1. The molecule has 28 heavy (non-hydrogen) atoms. The quantitative estimate of drug-likeness (QED) is 0.511. The highest BCUT2D eigenvalue weighted by molar-refractivity contribution is 6.19. The highest BCUT2D eigenvalue weighted by Crippen LogP contribution is 2.46. The van der Waals surface area contributed by atoms with Gasteiger partial charge in [0.05, 0.1) is 12.2 Å². The van der Waals surface area contributed by atoms with Gasteiger partial charge < -0.3 is 9.52 Å². The van der Waals surface area contributed by atoms with E-state index in [1.165, 1.54) is 0 Å². The molecule has 0 saturated heterocycles. The molecule has 1 aliphatic carbocycles. The van der Waals surface area contributed by atoms with Crippen LogP contribution in [0.3, 0.4) is 0 Å². The first-order valence-corrected chi connectivity index (χ1v) is 9.42. The Balaban J connectivity index is 1.71. The molecule has 3 nitrogen and oxygen atoms in total. The number of ketones is 1. The van der Waals surface area contributed by atoms with Gasteiger partial charge in [-0.25, -0.2) is 0 Å². The first-order valence-electron chi connectivity index (χ1n) is 9.42. The maximum atomic E-state index is 13.5. The summed E-state index contributed by atoms with van der Waals surface area (Å²) >= 11 is 0. The summed E-state index contributed by atoms with van der Waals surface area (Å²) in [4.78, 5) is 13.5. The van der Waals surface area contributed by atoms with Crippen LogP contribution < -0.4 is 0 Å². The normalized spacial score (nSPS) is 14.8. The highest BCUT2D eigenvalue weighted by Gasteiger charge is 2.41. The number of fused-ring (bicyclic) bond motifs is 4. The van der Waals surface area contributed by atoms with Crippen LogP contribution in [0.2, 0.25) is 0 Å². The van der Waals surface area contributed by atoms with Crippen LogP contribution in [0.4, 0.5) is 0 Å². The average Bonchev–Trinajstić information content (AvgIpc) is 3.13. The zero-order chi connectivity index (χ0) is 19.5. The van der Waals surface area contributed by atoms with Crippen LogP contribution >= 0.6 is 0 Å². The standard InChI is InChI=1S/C25H20O3/c1-25(2)20-12-11-17(16-9-7-15(14-26)8-10-16)13-19(20)23(27)22-18-5-3-4-6-21(18)28-24(22)25/h3-13,26H,14H2,1-2H3. The SMILES string of the molecule is CC1(C)c2ccc(-c3ccc(CO)cc3)cc2C(=O)c2c1oc1ccccc21. The molecule has 0 saturated carbocycles. The van der Waals surface area contributed by atoms with Crippen LogP contribution in [0.1, 0.15) is 46.7 Å². The van der Waals surface area contributed by atoms with Gasteiger partial charge in [0.1, 0.15) is 11.3 Å². The maximum Gasteiger partial charge on any atom is 0.197 e. The second-order valence-corrected chi connectivity index (χ2v) is 7.87. The molecule has 4 aromatic rings. The summed E-state index contributed by atoms with van der Waals surface area (Å²) in [6, 6.07) is 21.6. The summed E-state index contributed by atoms with van der Waals surface area (Å²) in [5.74, 6) is 0.759. The second-order valence-electron chi connectivity index (χ2n) is 7.87. The predicted octanol–water partition coefficient (Wildman–Crippen LogP) is 5.46. The van der Waals surface area contributed by atoms with E-state index in [2.05, 4.69) is 19.9 Å². The van der Waals surface area contributed by atoms with E-state index in [9.17, 15) is 9.90 Å². The van der Waals surface area contributed by atoms with E-state index in [0.29, 0.717) is 5.56 Å². The molecule has 1 aromatic heterocycles. The zero-order valence-corrected chi connectivity index (χ0v) is 15.8. The number of hydrogen-bond donors (Lipinski definition) is 1. The number of carbonyl (C=O) groups is 1. The monoisotopic (exact) mass is 368 g/mol. The number of furan rings is 1. The summed E-state index contributed by atoms with van der Waals surface area (Å²) in [5, 5.41) is 10.1. The van der Waals surface area contributed by atoms with Gasteiger partial charge in [-0.15, -0.1) is 0 Å². The van der Waals surface area contributed by atoms with Gasteiger partial charge in [-0.2, -0.15) is 0 Å². The van der Waals surface area contributed by atoms with Gasteiger partial charge >= 0.3 is 0 Å². The highest BCUT2D eigenvalue weighted by atomic mass is 16.3. The third-order valence-corrected chi connectivity index (χ3v) is 5.80. The van der Waals surface area contributed by atoms with E-state index in [-0.39, 0.29) is 12.4 Å². The fourth-order valence-electron chi connectivity index (χ4n) is 4.23. The Hall–Kier alpha value is -3.17. The molecule has 3 aromatic carbocycles. The smallest absolute Gasteiger partial charge is 0.197 e. The fourth-order valence-corrected chi connectivity index (χ4v) is 4.23.